The standard InChI is InChI=1S/C23H21Cl2FN2O6S/c1-11(2)21(22(32)27-14(9-20(30)31)17(29)10-26)34-23(33)28-15-5-3-13(25)8-19(15)35-18-6-4-12(24)7-16(18)28/h3-8,11,14,21H,9-10H2,1-2H3,(H,27,32)(H,30,31). The van der Waals surface area contributed by atoms with E-state index in [2.05, 4.69) is 5.32 Å². The summed E-state index contributed by atoms with van der Waals surface area (Å²) in [7, 11) is 0. The van der Waals surface area contributed by atoms with Crippen molar-refractivity contribution in [3.05, 3.63) is 46.4 Å². The molecular formula is C23H21Cl2FN2O6S. The van der Waals surface area contributed by atoms with E-state index in [1.165, 1.54) is 16.7 Å². The summed E-state index contributed by atoms with van der Waals surface area (Å²) in [4.78, 5) is 51.8. The second-order valence-electron chi connectivity index (χ2n) is 7.97. The molecule has 0 aromatic heterocycles. The molecule has 2 amide bonds. The van der Waals surface area contributed by atoms with E-state index in [-0.39, 0.29) is 0 Å². The molecule has 0 fully saturated rings. The van der Waals surface area contributed by atoms with Gasteiger partial charge in [-0.25, -0.2) is 14.1 Å². The van der Waals surface area contributed by atoms with Crippen LogP contribution >= 0.6 is 35.0 Å². The number of Topliss-reactive ketones (excluding diaryl/α,β-unsaturated/α-hetero) is 1. The summed E-state index contributed by atoms with van der Waals surface area (Å²) in [5.74, 6) is -3.98. The Bertz CT molecular complexity index is 1180. The van der Waals surface area contributed by atoms with Crippen LogP contribution in [0.2, 0.25) is 10.0 Å². The molecule has 186 valence electrons. The summed E-state index contributed by atoms with van der Waals surface area (Å²) in [6, 6.07) is 8.30. The average Bonchev–Trinajstić information content (AvgIpc) is 2.79. The molecule has 2 aromatic rings. The smallest absolute Gasteiger partial charge is 0.419 e. The lowest BCUT2D eigenvalue weighted by atomic mass is 10.0. The highest BCUT2D eigenvalue weighted by atomic mass is 35.5. The van der Waals surface area contributed by atoms with Gasteiger partial charge in [0.05, 0.1) is 17.8 Å². The molecular weight excluding hydrogens is 522 g/mol. The number of ketones is 1. The highest BCUT2D eigenvalue weighted by Crippen LogP contribution is 2.49. The van der Waals surface area contributed by atoms with E-state index < -0.39 is 54.9 Å². The molecule has 2 atom stereocenters. The number of hydrogen-bond acceptors (Lipinski definition) is 6. The average molecular weight is 543 g/mol. The molecule has 2 unspecified atom stereocenters. The highest BCUT2D eigenvalue weighted by molar-refractivity contribution is 7.99. The van der Waals surface area contributed by atoms with E-state index in [4.69, 9.17) is 33.0 Å². The highest BCUT2D eigenvalue weighted by Gasteiger charge is 2.36. The van der Waals surface area contributed by atoms with E-state index >= 15 is 0 Å². The quantitative estimate of drug-likeness (QED) is 0.467. The number of aliphatic carboxylic acids is 1. The molecule has 2 N–H and O–H groups in total. The Morgan fingerprint density at radius 1 is 1.06 bits per heavy atom. The lowest BCUT2D eigenvalue weighted by Crippen LogP contribution is -2.50. The van der Waals surface area contributed by atoms with Crippen LogP contribution < -0.4 is 10.2 Å². The molecule has 0 radical (unpaired) electrons. The van der Waals surface area contributed by atoms with Crippen molar-refractivity contribution in [1.29, 1.82) is 0 Å². The fourth-order valence-electron chi connectivity index (χ4n) is 3.37. The van der Waals surface area contributed by atoms with Crippen LogP contribution in [0, 0.1) is 5.92 Å². The van der Waals surface area contributed by atoms with E-state index in [9.17, 15) is 23.6 Å². The van der Waals surface area contributed by atoms with Crippen molar-refractivity contribution >= 4 is 70.1 Å². The summed E-state index contributed by atoms with van der Waals surface area (Å²) < 4.78 is 18.4. The Balaban J connectivity index is 1.91. The number of ether oxygens (including phenoxy) is 1. The number of fused-ring (bicyclic) bond motifs is 2. The van der Waals surface area contributed by atoms with Gasteiger partial charge in [-0.1, -0.05) is 48.8 Å². The number of anilines is 2. The van der Waals surface area contributed by atoms with Crippen molar-refractivity contribution in [3.63, 3.8) is 0 Å². The number of hydrogen-bond donors (Lipinski definition) is 2. The normalized spacial score (nSPS) is 13.9. The third kappa shape index (κ3) is 6.25. The predicted molar refractivity (Wildman–Crippen MR) is 129 cm³/mol. The Labute approximate surface area is 214 Å². The second kappa shape index (κ2) is 11.3. The Morgan fingerprint density at radius 2 is 1.71 bits per heavy atom. The van der Waals surface area contributed by atoms with Gasteiger partial charge in [0.25, 0.3) is 5.91 Å². The molecule has 3 rings (SSSR count). The van der Waals surface area contributed by atoms with Crippen molar-refractivity contribution in [2.45, 2.75) is 42.2 Å². The minimum Gasteiger partial charge on any atom is -0.481 e. The van der Waals surface area contributed by atoms with Gasteiger partial charge in [-0.3, -0.25) is 14.4 Å². The van der Waals surface area contributed by atoms with E-state index in [1.807, 2.05) is 0 Å². The van der Waals surface area contributed by atoms with Crippen molar-refractivity contribution in [3.8, 4) is 0 Å². The number of carbonyl (C=O) groups is 4. The van der Waals surface area contributed by atoms with Crippen LogP contribution in [0.25, 0.3) is 0 Å². The number of halogens is 3. The first-order valence-corrected chi connectivity index (χ1v) is 12.0. The fraction of sp³-hybridized carbons (Fsp3) is 0.304. The zero-order valence-corrected chi connectivity index (χ0v) is 20.9. The summed E-state index contributed by atoms with van der Waals surface area (Å²) in [6.07, 6.45) is -3.12. The Morgan fingerprint density at radius 3 is 2.34 bits per heavy atom. The maximum Gasteiger partial charge on any atom is 0.419 e. The molecule has 0 aliphatic carbocycles. The monoisotopic (exact) mass is 542 g/mol. The van der Waals surface area contributed by atoms with Crippen LogP contribution in [0.5, 0.6) is 0 Å². The molecule has 1 aliphatic rings. The van der Waals surface area contributed by atoms with Crippen LogP contribution in [-0.2, 0) is 19.1 Å². The first kappa shape index (κ1) is 26.8. The molecule has 35 heavy (non-hydrogen) atoms. The van der Waals surface area contributed by atoms with Crippen LogP contribution in [0.4, 0.5) is 20.6 Å². The number of benzene rings is 2. The van der Waals surface area contributed by atoms with E-state index in [0.717, 1.165) is 0 Å². The minimum atomic E-state index is -1.60. The van der Waals surface area contributed by atoms with Crippen LogP contribution in [0.3, 0.4) is 0 Å². The summed E-state index contributed by atoms with van der Waals surface area (Å²) >= 11 is 13.7. The number of carbonyl (C=O) groups excluding carboxylic acids is 3. The first-order chi connectivity index (χ1) is 16.5. The summed E-state index contributed by atoms with van der Waals surface area (Å²) in [5.41, 5.74) is 0.889. The van der Waals surface area contributed by atoms with Crippen molar-refractivity contribution < 1.29 is 33.4 Å². The van der Waals surface area contributed by atoms with Gasteiger partial charge < -0.3 is 15.2 Å². The number of nitrogens with zero attached hydrogens (tertiary/aromatic N) is 1. The van der Waals surface area contributed by atoms with Gasteiger partial charge in [-0.05, 0) is 42.3 Å². The van der Waals surface area contributed by atoms with Gasteiger partial charge in [-0.2, -0.15) is 0 Å². The molecule has 1 aliphatic heterocycles. The van der Waals surface area contributed by atoms with Crippen LogP contribution in [0.15, 0.2) is 46.2 Å². The van der Waals surface area contributed by atoms with Gasteiger partial charge in [0.1, 0.15) is 12.7 Å². The third-order valence-electron chi connectivity index (χ3n) is 5.03. The molecule has 1 heterocycles. The second-order valence-corrected chi connectivity index (χ2v) is 9.93. The number of carboxylic acid groups (broad SMARTS) is 1. The number of nitrogens with one attached hydrogen (secondary N) is 1. The van der Waals surface area contributed by atoms with Gasteiger partial charge >= 0.3 is 12.1 Å². The zero-order valence-electron chi connectivity index (χ0n) is 18.6. The number of rotatable bonds is 8. The molecule has 0 saturated heterocycles. The molecule has 8 nitrogen and oxygen atoms in total. The summed E-state index contributed by atoms with van der Waals surface area (Å²) in [6.45, 7) is 1.75. The molecule has 0 saturated carbocycles. The summed E-state index contributed by atoms with van der Waals surface area (Å²) in [5, 5.41) is 12.0. The van der Waals surface area contributed by atoms with Crippen molar-refractivity contribution in [2.75, 3.05) is 11.6 Å². The molecule has 0 spiro atoms. The van der Waals surface area contributed by atoms with Gasteiger partial charge in [-0.15, -0.1) is 0 Å². The Hall–Kier alpha value is -2.82. The third-order valence-corrected chi connectivity index (χ3v) is 6.62. The predicted octanol–water partition coefficient (Wildman–Crippen LogP) is 5.26. The van der Waals surface area contributed by atoms with Gasteiger partial charge in [0.2, 0.25) is 0 Å². The molecule has 12 heteroatoms. The molecule has 2 aromatic carbocycles. The number of carboxylic acids is 1. The van der Waals surface area contributed by atoms with E-state index in [1.54, 1.807) is 50.2 Å². The van der Waals surface area contributed by atoms with Crippen molar-refractivity contribution in [2.24, 2.45) is 5.92 Å². The SMILES string of the molecule is CC(C)C(OC(=O)N1c2ccc(Cl)cc2Sc2ccc(Cl)cc21)C(=O)NC(CC(=O)O)C(=O)CF. The lowest BCUT2D eigenvalue weighted by molar-refractivity contribution is -0.141. The van der Waals surface area contributed by atoms with E-state index in [0.29, 0.717) is 31.2 Å². The van der Waals surface area contributed by atoms with Crippen LogP contribution in [0.1, 0.15) is 20.3 Å². The van der Waals surface area contributed by atoms with Gasteiger partial charge in [0, 0.05) is 19.8 Å². The Kier molecular flexibility index (Phi) is 8.63. The number of amides is 2. The first-order valence-electron chi connectivity index (χ1n) is 10.4. The minimum absolute atomic E-state index is 0.374. The van der Waals surface area contributed by atoms with Crippen molar-refractivity contribution in [1.82, 2.24) is 5.32 Å². The van der Waals surface area contributed by atoms with Crippen LogP contribution in [-0.4, -0.2) is 47.7 Å². The maximum absolute atomic E-state index is 13.4. The largest absolute Gasteiger partial charge is 0.481 e. The molecule has 0 bridgehead atoms. The fourth-order valence-corrected chi connectivity index (χ4v) is 4.85. The lowest BCUT2D eigenvalue weighted by Gasteiger charge is -2.32. The maximum atomic E-state index is 13.4. The van der Waals surface area contributed by atoms with Gasteiger partial charge in [0.15, 0.2) is 11.9 Å². The topological polar surface area (TPSA) is 113 Å². The zero-order chi connectivity index (χ0) is 25.9. The number of alkyl halides is 1.